The third-order valence-corrected chi connectivity index (χ3v) is 2.48. The number of carbonyl (C=O) groups is 1. The van der Waals surface area contributed by atoms with Gasteiger partial charge in [-0.2, -0.15) is 9.97 Å². The number of anilines is 1. The molecule has 7 nitrogen and oxygen atoms in total. The molecule has 106 valence electrons. The molecule has 0 aromatic carbocycles. The number of ether oxygens (including phenoxy) is 2. The van der Waals surface area contributed by atoms with Crippen molar-refractivity contribution in [3.63, 3.8) is 0 Å². The van der Waals surface area contributed by atoms with E-state index in [9.17, 15) is 4.79 Å². The van der Waals surface area contributed by atoms with Gasteiger partial charge >= 0.3 is 0 Å². The molecular formula is C12H20N4O3. The number of hydrogen-bond donors (Lipinski definition) is 0. The number of aromatic nitrogens is 2. The van der Waals surface area contributed by atoms with Crippen molar-refractivity contribution >= 4 is 11.9 Å². The normalized spacial score (nSPS) is 10.4. The minimum Gasteiger partial charge on any atom is -0.481 e. The Kier molecular flexibility index (Phi) is 5.50. The van der Waals surface area contributed by atoms with Crippen LogP contribution in [0.4, 0.5) is 5.95 Å². The van der Waals surface area contributed by atoms with Crippen LogP contribution >= 0.6 is 0 Å². The molecule has 0 unspecified atom stereocenters. The van der Waals surface area contributed by atoms with Crippen molar-refractivity contribution in [1.82, 2.24) is 14.9 Å². The van der Waals surface area contributed by atoms with E-state index in [0.29, 0.717) is 24.8 Å². The predicted molar refractivity (Wildman–Crippen MR) is 71.7 cm³/mol. The summed E-state index contributed by atoms with van der Waals surface area (Å²) in [5.74, 6) is 0.874. The summed E-state index contributed by atoms with van der Waals surface area (Å²) in [6, 6.07) is 1.56. The van der Waals surface area contributed by atoms with Crippen molar-refractivity contribution in [2.24, 2.45) is 0 Å². The zero-order chi connectivity index (χ0) is 14.4. The van der Waals surface area contributed by atoms with Crippen molar-refractivity contribution in [3.05, 3.63) is 6.07 Å². The Bertz CT molecular complexity index is 415. The summed E-state index contributed by atoms with van der Waals surface area (Å²) >= 11 is 0. The molecule has 0 aliphatic carbocycles. The van der Waals surface area contributed by atoms with Crippen molar-refractivity contribution in [3.8, 4) is 11.8 Å². The fourth-order valence-corrected chi connectivity index (χ4v) is 1.42. The Hall–Kier alpha value is -1.89. The first-order valence-electron chi connectivity index (χ1n) is 5.87. The third kappa shape index (κ3) is 4.36. The molecule has 0 fully saturated rings. The molecule has 0 spiro atoms. The van der Waals surface area contributed by atoms with E-state index in [2.05, 4.69) is 9.97 Å². The molecular weight excluding hydrogens is 248 g/mol. The van der Waals surface area contributed by atoms with Crippen LogP contribution in [0.5, 0.6) is 11.8 Å². The van der Waals surface area contributed by atoms with E-state index in [0.717, 1.165) is 0 Å². The second-order valence-electron chi connectivity index (χ2n) is 4.23. The average Bonchev–Trinajstić information content (AvgIpc) is 2.37. The van der Waals surface area contributed by atoms with Crippen LogP contribution in [0.1, 0.15) is 6.92 Å². The van der Waals surface area contributed by atoms with Gasteiger partial charge in [0.2, 0.25) is 23.6 Å². The van der Waals surface area contributed by atoms with Crippen LogP contribution in [0, 0.1) is 0 Å². The van der Waals surface area contributed by atoms with E-state index in [1.807, 2.05) is 19.0 Å². The highest BCUT2D eigenvalue weighted by Crippen LogP contribution is 2.20. The van der Waals surface area contributed by atoms with E-state index in [1.54, 1.807) is 6.07 Å². The Morgan fingerprint density at radius 1 is 1.16 bits per heavy atom. The van der Waals surface area contributed by atoms with E-state index < -0.39 is 0 Å². The van der Waals surface area contributed by atoms with Gasteiger partial charge in [0, 0.05) is 20.0 Å². The quantitative estimate of drug-likeness (QED) is 0.744. The van der Waals surface area contributed by atoms with Crippen LogP contribution in [-0.2, 0) is 4.79 Å². The molecule has 7 heteroatoms. The molecule has 0 radical (unpaired) electrons. The van der Waals surface area contributed by atoms with Crippen molar-refractivity contribution in [1.29, 1.82) is 0 Å². The smallest absolute Gasteiger partial charge is 0.238 e. The molecule has 1 heterocycles. The zero-order valence-electron chi connectivity index (χ0n) is 12.0. The number of methoxy groups -OCH3 is 2. The summed E-state index contributed by atoms with van der Waals surface area (Å²) < 4.78 is 10.1. The standard InChI is InChI=1S/C12H20N4O3/c1-9(17)16(7-6-15(2)3)12-13-10(18-4)8-11(14-12)19-5/h8H,6-7H2,1-5H3. The fraction of sp³-hybridized carbons (Fsp3) is 0.583. The highest BCUT2D eigenvalue weighted by Gasteiger charge is 2.17. The fourth-order valence-electron chi connectivity index (χ4n) is 1.42. The number of rotatable bonds is 6. The minimum atomic E-state index is -0.128. The summed E-state index contributed by atoms with van der Waals surface area (Å²) in [5, 5.41) is 0. The molecule has 0 saturated heterocycles. The highest BCUT2D eigenvalue weighted by atomic mass is 16.5. The van der Waals surface area contributed by atoms with Crippen molar-refractivity contribution in [2.75, 3.05) is 46.3 Å². The maximum atomic E-state index is 11.7. The Labute approximate surface area is 113 Å². The zero-order valence-corrected chi connectivity index (χ0v) is 12.0. The van der Waals surface area contributed by atoms with Crippen molar-refractivity contribution < 1.29 is 14.3 Å². The molecule has 0 bridgehead atoms. The SMILES string of the molecule is COc1cc(OC)nc(N(CCN(C)C)C(C)=O)n1. The van der Waals surface area contributed by atoms with Crippen LogP contribution in [0.3, 0.4) is 0 Å². The van der Waals surface area contributed by atoms with E-state index in [4.69, 9.17) is 9.47 Å². The third-order valence-electron chi connectivity index (χ3n) is 2.48. The molecule has 0 saturated carbocycles. The largest absolute Gasteiger partial charge is 0.481 e. The van der Waals surface area contributed by atoms with Gasteiger partial charge in [0.15, 0.2) is 0 Å². The van der Waals surface area contributed by atoms with Gasteiger partial charge in [0.1, 0.15) is 0 Å². The lowest BCUT2D eigenvalue weighted by molar-refractivity contribution is -0.116. The number of carbonyl (C=O) groups excluding carboxylic acids is 1. The van der Waals surface area contributed by atoms with Crippen LogP contribution < -0.4 is 14.4 Å². The Morgan fingerprint density at radius 3 is 2.05 bits per heavy atom. The summed E-state index contributed by atoms with van der Waals surface area (Å²) in [6.07, 6.45) is 0. The van der Waals surface area contributed by atoms with Crippen LogP contribution in [-0.4, -0.2) is 62.2 Å². The summed E-state index contributed by atoms with van der Waals surface area (Å²) in [5.41, 5.74) is 0. The molecule has 0 aliphatic heterocycles. The molecule has 0 N–H and O–H groups in total. The number of amides is 1. The predicted octanol–water partition coefficient (Wildman–Crippen LogP) is 0.408. The maximum absolute atomic E-state index is 11.7. The highest BCUT2D eigenvalue weighted by molar-refractivity contribution is 5.89. The second kappa shape index (κ2) is 6.89. The first-order valence-corrected chi connectivity index (χ1v) is 5.87. The van der Waals surface area contributed by atoms with Gasteiger partial charge in [0.25, 0.3) is 0 Å². The topological polar surface area (TPSA) is 67.8 Å². The van der Waals surface area contributed by atoms with E-state index in [-0.39, 0.29) is 11.9 Å². The summed E-state index contributed by atoms with van der Waals surface area (Å²) in [6.45, 7) is 2.69. The van der Waals surface area contributed by atoms with Crippen molar-refractivity contribution in [2.45, 2.75) is 6.92 Å². The van der Waals surface area contributed by atoms with Crippen LogP contribution in [0.2, 0.25) is 0 Å². The molecule has 1 aromatic rings. The van der Waals surface area contributed by atoms with Gasteiger partial charge in [-0.15, -0.1) is 0 Å². The monoisotopic (exact) mass is 268 g/mol. The number of nitrogens with zero attached hydrogens (tertiary/aromatic N) is 4. The lowest BCUT2D eigenvalue weighted by atomic mass is 10.4. The molecule has 1 rings (SSSR count). The summed E-state index contributed by atoms with van der Waals surface area (Å²) in [7, 11) is 6.88. The van der Waals surface area contributed by atoms with Gasteiger partial charge in [-0.05, 0) is 14.1 Å². The summed E-state index contributed by atoms with van der Waals surface area (Å²) in [4.78, 5) is 23.5. The molecule has 0 atom stereocenters. The molecule has 1 aromatic heterocycles. The van der Waals surface area contributed by atoms with Crippen LogP contribution in [0.15, 0.2) is 6.07 Å². The minimum absolute atomic E-state index is 0.128. The lowest BCUT2D eigenvalue weighted by Crippen LogP contribution is -2.36. The Balaban J connectivity index is 3.03. The first-order chi connectivity index (χ1) is 8.97. The van der Waals surface area contributed by atoms with Crippen LogP contribution in [0.25, 0.3) is 0 Å². The molecule has 19 heavy (non-hydrogen) atoms. The number of hydrogen-bond acceptors (Lipinski definition) is 6. The van der Waals surface area contributed by atoms with Gasteiger partial charge in [0.05, 0.1) is 20.3 Å². The van der Waals surface area contributed by atoms with Gasteiger partial charge in [-0.1, -0.05) is 0 Å². The number of likely N-dealkylation sites (N-methyl/N-ethyl adjacent to an activating group) is 1. The Morgan fingerprint density at radius 2 is 1.68 bits per heavy atom. The molecule has 0 aliphatic rings. The molecule has 1 amide bonds. The maximum Gasteiger partial charge on any atom is 0.238 e. The van der Waals surface area contributed by atoms with Gasteiger partial charge in [-0.3, -0.25) is 9.69 Å². The lowest BCUT2D eigenvalue weighted by Gasteiger charge is -2.21. The van der Waals surface area contributed by atoms with E-state index in [1.165, 1.54) is 26.0 Å². The van der Waals surface area contributed by atoms with E-state index >= 15 is 0 Å². The second-order valence-corrected chi connectivity index (χ2v) is 4.23. The van der Waals surface area contributed by atoms with Gasteiger partial charge < -0.3 is 14.4 Å². The van der Waals surface area contributed by atoms with Gasteiger partial charge in [-0.25, -0.2) is 0 Å². The average molecular weight is 268 g/mol. The first kappa shape index (κ1) is 15.2.